The molecule has 0 atom stereocenters. The van der Waals surface area contributed by atoms with Gasteiger partial charge in [0.1, 0.15) is 18.1 Å². The average molecular weight is 415 g/mol. The van der Waals surface area contributed by atoms with E-state index < -0.39 is 17.2 Å². The van der Waals surface area contributed by atoms with Gasteiger partial charge in [0, 0.05) is 25.3 Å². The van der Waals surface area contributed by atoms with Gasteiger partial charge in [0.15, 0.2) is 0 Å². The van der Waals surface area contributed by atoms with Crippen LogP contribution in [0.1, 0.15) is 25.8 Å². The van der Waals surface area contributed by atoms with E-state index in [4.69, 9.17) is 10.5 Å². The van der Waals surface area contributed by atoms with Crippen LogP contribution in [0.4, 0.5) is 17.2 Å². The van der Waals surface area contributed by atoms with E-state index >= 15 is 0 Å². The van der Waals surface area contributed by atoms with Gasteiger partial charge in [-0.3, -0.25) is 14.2 Å². The highest BCUT2D eigenvalue weighted by molar-refractivity contribution is 5.91. The van der Waals surface area contributed by atoms with E-state index in [0.29, 0.717) is 45.0 Å². The highest BCUT2D eigenvalue weighted by atomic mass is 16.5. The maximum absolute atomic E-state index is 13.2. The zero-order valence-electron chi connectivity index (χ0n) is 17.5. The summed E-state index contributed by atoms with van der Waals surface area (Å²) in [6.45, 7) is 5.84. The molecule has 1 saturated heterocycles. The van der Waals surface area contributed by atoms with Crippen LogP contribution in [-0.2, 0) is 29.0 Å². The molecule has 1 fully saturated rings. The van der Waals surface area contributed by atoms with Gasteiger partial charge in [0.2, 0.25) is 5.91 Å². The van der Waals surface area contributed by atoms with Gasteiger partial charge in [-0.2, -0.15) is 0 Å². The van der Waals surface area contributed by atoms with E-state index in [-0.39, 0.29) is 18.1 Å². The van der Waals surface area contributed by atoms with Crippen LogP contribution in [0.15, 0.2) is 33.9 Å². The first-order valence-electron chi connectivity index (χ1n) is 10.3. The van der Waals surface area contributed by atoms with Crippen molar-refractivity contribution in [2.24, 2.45) is 0 Å². The number of morpholine rings is 1. The molecule has 2 aromatic rings. The first-order chi connectivity index (χ1) is 14.5. The maximum atomic E-state index is 13.2. The van der Waals surface area contributed by atoms with E-state index in [2.05, 4.69) is 5.32 Å². The molecule has 0 bridgehead atoms. The first kappa shape index (κ1) is 21.6. The summed E-state index contributed by atoms with van der Waals surface area (Å²) in [6.07, 6.45) is 1.42. The van der Waals surface area contributed by atoms with E-state index in [0.717, 1.165) is 16.6 Å². The molecule has 0 radical (unpaired) electrons. The van der Waals surface area contributed by atoms with Gasteiger partial charge in [-0.15, -0.1) is 0 Å². The average Bonchev–Trinajstić information content (AvgIpc) is 2.75. The topological polar surface area (TPSA) is 112 Å². The predicted molar refractivity (Wildman–Crippen MR) is 117 cm³/mol. The van der Waals surface area contributed by atoms with Crippen LogP contribution >= 0.6 is 0 Å². The summed E-state index contributed by atoms with van der Waals surface area (Å²) in [7, 11) is 0. The molecular weight excluding hydrogens is 386 g/mol. The molecule has 1 amide bonds. The van der Waals surface area contributed by atoms with Crippen LogP contribution < -0.4 is 27.2 Å². The number of aryl methyl sites for hydroxylation is 1. The number of carbonyl (C=O) groups excluding carboxylic acids is 1. The van der Waals surface area contributed by atoms with Gasteiger partial charge < -0.3 is 20.7 Å². The molecule has 0 aliphatic carbocycles. The Kier molecular flexibility index (Phi) is 6.94. The van der Waals surface area contributed by atoms with Crippen molar-refractivity contribution >= 4 is 23.1 Å². The summed E-state index contributed by atoms with van der Waals surface area (Å²) < 4.78 is 7.71. The fourth-order valence-corrected chi connectivity index (χ4v) is 3.65. The lowest BCUT2D eigenvalue weighted by Gasteiger charge is -2.30. The van der Waals surface area contributed by atoms with Crippen LogP contribution in [-0.4, -0.2) is 41.3 Å². The van der Waals surface area contributed by atoms with Crippen LogP contribution in [0.3, 0.4) is 0 Å². The molecule has 2 heterocycles. The smallest absolute Gasteiger partial charge is 0.333 e. The normalized spacial score (nSPS) is 14.0. The number of hydrogen-bond donors (Lipinski definition) is 2. The fraction of sp³-hybridized carbons (Fsp3) is 0.476. The van der Waals surface area contributed by atoms with Gasteiger partial charge in [-0.1, -0.05) is 32.0 Å². The Bertz CT molecular complexity index is 1020. The quantitative estimate of drug-likeness (QED) is 0.699. The second-order valence-electron chi connectivity index (χ2n) is 7.22. The molecule has 1 aliphatic rings. The van der Waals surface area contributed by atoms with Crippen LogP contribution in [0, 0.1) is 0 Å². The Labute approximate surface area is 175 Å². The fourth-order valence-electron chi connectivity index (χ4n) is 3.65. The van der Waals surface area contributed by atoms with E-state index in [1.807, 2.05) is 36.9 Å². The number of hydrogen-bond acceptors (Lipinski definition) is 6. The minimum Gasteiger partial charge on any atom is -0.383 e. The Morgan fingerprint density at radius 3 is 2.50 bits per heavy atom. The SMILES string of the molecule is CCCn1c(N)c(N2CCOCC2)c(=O)n(CC(=O)Nc2ccccc2CC)c1=O. The molecule has 3 N–H and O–H groups in total. The van der Waals surface area contributed by atoms with Crippen molar-refractivity contribution in [2.75, 3.05) is 42.3 Å². The number of para-hydroxylation sites is 1. The number of rotatable bonds is 7. The van der Waals surface area contributed by atoms with E-state index in [9.17, 15) is 14.4 Å². The highest BCUT2D eigenvalue weighted by Crippen LogP contribution is 2.19. The summed E-state index contributed by atoms with van der Waals surface area (Å²) in [6, 6.07) is 7.46. The number of aromatic nitrogens is 2. The Morgan fingerprint density at radius 1 is 1.13 bits per heavy atom. The lowest BCUT2D eigenvalue weighted by Crippen LogP contribution is -2.48. The van der Waals surface area contributed by atoms with Crippen molar-refractivity contribution in [2.45, 2.75) is 39.8 Å². The third-order valence-electron chi connectivity index (χ3n) is 5.19. The third-order valence-corrected chi connectivity index (χ3v) is 5.19. The summed E-state index contributed by atoms with van der Waals surface area (Å²) in [5, 5.41) is 2.82. The number of benzene rings is 1. The van der Waals surface area contributed by atoms with Gasteiger partial charge in [0.25, 0.3) is 5.56 Å². The first-order valence-corrected chi connectivity index (χ1v) is 10.3. The molecule has 1 aromatic carbocycles. The van der Waals surface area contributed by atoms with Gasteiger partial charge in [-0.25, -0.2) is 9.36 Å². The number of nitrogens with two attached hydrogens (primary N) is 1. The van der Waals surface area contributed by atoms with Crippen LogP contribution in [0.25, 0.3) is 0 Å². The Hall–Kier alpha value is -3.07. The summed E-state index contributed by atoms with van der Waals surface area (Å²) >= 11 is 0. The molecule has 3 rings (SSSR count). The van der Waals surface area contributed by atoms with E-state index in [1.54, 1.807) is 6.07 Å². The highest BCUT2D eigenvalue weighted by Gasteiger charge is 2.24. The zero-order valence-corrected chi connectivity index (χ0v) is 17.5. The van der Waals surface area contributed by atoms with Gasteiger partial charge in [-0.05, 0) is 24.5 Å². The number of carbonyl (C=O) groups is 1. The minimum atomic E-state index is -0.574. The monoisotopic (exact) mass is 415 g/mol. The Balaban J connectivity index is 1.98. The molecule has 162 valence electrons. The molecule has 0 saturated carbocycles. The molecule has 9 nitrogen and oxygen atoms in total. The van der Waals surface area contributed by atoms with E-state index in [1.165, 1.54) is 4.57 Å². The zero-order chi connectivity index (χ0) is 21.7. The van der Waals surface area contributed by atoms with Crippen molar-refractivity contribution < 1.29 is 9.53 Å². The van der Waals surface area contributed by atoms with Crippen LogP contribution in [0.2, 0.25) is 0 Å². The summed E-state index contributed by atoms with van der Waals surface area (Å²) in [5.41, 5.74) is 7.02. The summed E-state index contributed by atoms with van der Waals surface area (Å²) in [4.78, 5) is 40.7. The standard InChI is InChI=1S/C21H29N5O4/c1-3-9-25-19(22)18(24-10-12-30-13-11-24)20(28)26(21(25)29)14-17(27)23-16-8-6-5-7-15(16)4-2/h5-8H,3-4,9-14,22H2,1-2H3,(H,23,27). The predicted octanol–water partition coefficient (Wildman–Crippen LogP) is 1.04. The third kappa shape index (κ3) is 4.40. The van der Waals surface area contributed by atoms with Crippen molar-refractivity contribution in [3.8, 4) is 0 Å². The largest absolute Gasteiger partial charge is 0.383 e. The van der Waals surface area contributed by atoms with Crippen molar-refractivity contribution in [1.82, 2.24) is 9.13 Å². The molecule has 9 heteroatoms. The second-order valence-corrected chi connectivity index (χ2v) is 7.22. The minimum absolute atomic E-state index is 0.140. The number of anilines is 3. The van der Waals surface area contributed by atoms with Crippen molar-refractivity contribution in [3.63, 3.8) is 0 Å². The van der Waals surface area contributed by atoms with Gasteiger partial charge in [0.05, 0.1) is 13.2 Å². The Morgan fingerprint density at radius 2 is 1.83 bits per heavy atom. The number of nitrogens with one attached hydrogen (secondary N) is 1. The summed E-state index contributed by atoms with van der Waals surface area (Å²) in [5.74, 6) is -0.294. The molecule has 0 unspecified atom stereocenters. The molecule has 1 aromatic heterocycles. The number of nitrogens with zero attached hydrogens (tertiary/aromatic N) is 3. The molecule has 1 aliphatic heterocycles. The van der Waals surface area contributed by atoms with Crippen molar-refractivity contribution in [1.29, 1.82) is 0 Å². The molecule has 30 heavy (non-hydrogen) atoms. The number of amides is 1. The number of nitrogen functional groups attached to an aromatic ring is 1. The molecular formula is C21H29N5O4. The maximum Gasteiger partial charge on any atom is 0.333 e. The van der Waals surface area contributed by atoms with Crippen LogP contribution in [0.5, 0.6) is 0 Å². The van der Waals surface area contributed by atoms with Gasteiger partial charge >= 0.3 is 5.69 Å². The number of ether oxygens (including phenoxy) is 1. The molecule has 0 spiro atoms. The lowest BCUT2D eigenvalue weighted by atomic mass is 10.1. The second kappa shape index (κ2) is 9.62. The van der Waals surface area contributed by atoms with Crippen molar-refractivity contribution in [3.05, 3.63) is 50.7 Å². The lowest BCUT2D eigenvalue weighted by molar-refractivity contribution is -0.116.